The van der Waals surface area contributed by atoms with E-state index in [0.29, 0.717) is 23.7 Å². The van der Waals surface area contributed by atoms with Gasteiger partial charge in [0.05, 0.1) is 13.7 Å². The minimum Gasteiger partial charge on any atom is -0.497 e. The van der Waals surface area contributed by atoms with Gasteiger partial charge in [-0.15, -0.1) is 11.3 Å². The molecule has 3 heterocycles. The van der Waals surface area contributed by atoms with Gasteiger partial charge in [-0.05, 0) is 54.3 Å². The number of hydrogen-bond donors (Lipinski definition) is 1. The summed E-state index contributed by atoms with van der Waals surface area (Å²) in [7, 11) is 1.56. The lowest BCUT2D eigenvalue weighted by Crippen LogP contribution is -2.64. The van der Waals surface area contributed by atoms with Crippen LogP contribution in [0.25, 0.3) is 10.2 Å². The first kappa shape index (κ1) is 21.2. The predicted octanol–water partition coefficient (Wildman–Crippen LogP) is 4.59. The molecule has 0 bridgehead atoms. The van der Waals surface area contributed by atoms with Crippen molar-refractivity contribution in [1.29, 1.82) is 0 Å². The SMILES string of the molecule is COc1cccc(N2C(=O)c3cc4ccsc4n3CC2(C)C(=O)NCc2ccc(F)cc2)c1. The van der Waals surface area contributed by atoms with Crippen LogP contribution in [-0.4, -0.2) is 29.0 Å². The topological polar surface area (TPSA) is 63.6 Å². The first-order chi connectivity index (χ1) is 15.9. The van der Waals surface area contributed by atoms with Gasteiger partial charge in [0.2, 0.25) is 5.91 Å². The van der Waals surface area contributed by atoms with E-state index in [0.717, 1.165) is 15.8 Å². The zero-order chi connectivity index (χ0) is 23.2. The van der Waals surface area contributed by atoms with E-state index in [-0.39, 0.29) is 24.2 Å². The van der Waals surface area contributed by atoms with Crippen LogP contribution < -0.4 is 15.0 Å². The lowest BCUT2D eigenvalue weighted by atomic mass is 9.93. The average molecular weight is 464 g/mol. The molecule has 6 nitrogen and oxygen atoms in total. The molecule has 0 saturated carbocycles. The van der Waals surface area contributed by atoms with Gasteiger partial charge in [0.25, 0.3) is 5.91 Å². The third-order valence-corrected chi connectivity index (χ3v) is 7.00. The van der Waals surface area contributed by atoms with E-state index in [1.54, 1.807) is 66.7 Å². The number of anilines is 1. The van der Waals surface area contributed by atoms with E-state index in [9.17, 15) is 14.0 Å². The van der Waals surface area contributed by atoms with E-state index in [1.807, 2.05) is 22.1 Å². The Hall–Kier alpha value is -3.65. The van der Waals surface area contributed by atoms with Gasteiger partial charge in [-0.3, -0.25) is 14.5 Å². The van der Waals surface area contributed by atoms with Crippen LogP contribution in [0.1, 0.15) is 23.0 Å². The largest absolute Gasteiger partial charge is 0.497 e. The molecular formula is C25H22FN3O3S. The standard InChI is InChI=1S/C25H22FN3O3S/c1-25(24(31)27-14-16-6-8-18(26)9-7-16)15-28-21(12-17-10-11-33-23(17)28)22(30)29(25)19-4-3-5-20(13-19)32-2/h3-13H,14-15H2,1-2H3,(H,27,31). The van der Waals surface area contributed by atoms with Crippen molar-refractivity contribution >= 4 is 39.1 Å². The second-order valence-electron chi connectivity index (χ2n) is 8.22. The van der Waals surface area contributed by atoms with E-state index in [1.165, 1.54) is 12.1 Å². The number of rotatable bonds is 5. The highest BCUT2D eigenvalue weighted by atomic mass is 32.1. The number of nitrogens with one attached hydrogen (secondary N) is 1. The van der Waals surface area contributed by atoms with Crippen LogP contribution in [0.4, 0.5) is 10.1 Å². The molecule has 4 aromatic rings. The Morgan fingerprint density at radius 1 is 1.18 bits per heavy atom. The summed E-state index contributed by atoms with van der Waals surface area (Å²) < 4.78 is 20.5. The quantitative estimate of drug-likeness (QED) is 0.471. The lowest BCUT2D eigenvalue weighted by molar-refractivity contribution is -0.126. The van der Waals surface area contributed by atoms with Crippen LogP contribution in [0, 0.1) is 5.82 Å². The smallest absolute Gasteiger partial charge is 0.275 e. The molecule has 0 aliphatic carbocycles. The van der Waals surface area contributed by atoms with Crippen LogP contribution in [-0.2, 0) is 17.9 Å². The monoisotopic (exact) mass is 463 g/mol. The average Bonchev–Trinajstić information content (AvgIpc) is 3.41. The summed E-state index contributed by atoms with van der Waals surface area (Å²) in [6.45, 7) is 2.29. The highest BCUT2D eigenvalue weighted by Crippen LogP contribution is 2.38. The van der Waals surface area contributed by atoms with Crippen molar-refractivity contribution < 1.29 is 18.7 Å². The summed E-state index contributed by atoms with van der Waals surface area (Å²) in [4.78, 5) is 29.9. The first-order valence-electron chi connectivity index (χ1n) is 10.5. The molecule has 0 saturated heterocycles. The summed E-state index contributed by atoms with van der Waals surface area (Å²) in [5.74, 6) is -0.292. The Bertz CT molecular complexity index is 1360. The number of nitrogens with zero attached hydrogens (tertiary/aromatic N) is 2. The number of ether oxygens (including phenoxy) is 1. The lowest BCUT2D eigenvalue weighted by Gasteiger charge is -2.44. The van der Waals surface area contributed by atoms with Gasteiger partial charge in [0.1, 0.15) is 27.6 Å². The van der Waals surface area contributed by atoms with Gasteiger partial charge < -0.3 is 14.6 Å². The summed E-state index contributed by atoms with van der Waals surface area (Å²) in [5.41, 5.74) is 0.690. The highest BCUT2D eigenvalue weighted by Gasteiger charge is 2.48. The summed E-state index contributed by atoms with van der Waals surface area (Å²) in [6.07, 6.45) is 0. The molecular weight excluding hydrogens is 441 g/mol. The van der Waals surface area contributed by atoms with Crippen LogP contribution in [0.5, 0.6) is 5.75 Å². The van der Waals surface area contributed by atoms with Crippen LogP contribution in [0.3, 0.4) is 0 Å². The van der Waals surface area contributed by atoms with Crippen molar-refractivity contribution in [2.75, 3.05) is 12.0 Å². The summed E-state index contributed by atoms with van der Waals surface area (Å²) in [5, 5.41) is 5.90. The Labute approximate surface area is 194 Å². The zero-order valence-electron chi connectivity index (χ0n) is 18.2. The third kappa shape index (κ3) is 3.56. The van der Waals surface area contributed by atoms with E-state index >= 15 is 0 Å². The van der Waals surface area contributed by atoms with Gasteiger partial charge in [0.15, 0.2) is 0 Å². The molecule has 33 heavy (non-hydrogen) atoms. The van der Waals surface area contributed by atoms with Crippen molar-refractivity contribution in [3.63, 3.8) is 0 Å². The Kier molecular flexibility index (Phi) is 5.17. The molecule has 1 N–H and O–H groups in total. The molecule has 168 valence electrons. The van der Waals surface area contributed by atoms with Gasteiger partial charge in [0, 0.05) is 23.7 Å². The molecule has 2 aromatic carbocycles. The van der Waals surface area contributed by atoms with Crippen molar-refractivity contribution in [1.82, 2.24) is 9.88 Å². The maximum atomic E-state index is 13.8. The molecule has 1 aliphatic rings. The number of hydrogen-bond acceptors (Lipinski definition) is 4. The minimum absolute atomic E-state index is 0.224. The molecule has 1 unspecified atom stereocenters. The molecule has 0 fully saturated rings. The molecule has 5 rings (SSSR count). The second-order valence-corrected chi connectivity index (χ2v) is 9.12. The summed E-state index contributed by atoms with van der Waals surface area (Å²) >= 11 is 1.54. The number of carbonyl (C=O) groups excluding carboxylic acids is 2. The van der Waals surface area contributed by atoms with Crippen LogP contribution in [0.15, 0.2) is 66.0 Å². The molecule has 1 atom stereocenters. The fourth-order valence-corrected chi connectivity index (χ4v) is 5.22. The number of fused-ring (bicyclic) bond motifs is 3. The van der Waals surface area contributed by atoms with E-state index in [2.05, 4.69) is 5.32 Å². The van der Waals surface area contributed by atoms with Crippen LogP contribution in [0.2, 0.25) is 0 Å². The van der Waals surface area contributed by atoms with Crippen molar-refractivity contribution in [2.45, 2.75) is 25.6 Å². The van der Waals surface area contributed by atoms with Gasteiger partial charge in [-0.1, -0.05) is 18.2 Å². The highest BCUT2D eigenvalue weighted by molar-refractivity contribution is 7.16. The second kappa shape index (κ2) is 8.04. The number of carbonyl (C=O) groups is 2. The molecule has 2 amide bonds. The molecule has 8 heteroatoms. The predicted molar refractivity (Wildman–Crippen MR) is 126 cm³/mol. The maximum absolute atomic E-state index is 13.8. The number of halogens is 1. The van der Waals surface area contributed by atoms with Crippen LogP contribution >= 0.6 is 11.3 Å². The summed E-state index contributed by atoms with van der Waals surface area (Å²) in [6, 6.07) is 17.0. The Morgan fingerprint density at radius 2 is 1.97 bits per heavy atom. The Morgan fingerprint density at radius 3 is 2.73 bits per heavy atom. The number of methoxy groups -OCH3 is 1. The maximum Gasteiger partial charge on any atom is 0.275 e. The molecule has 2 aromatic heterocycles. The van der Waals surface area contributed by atoms with Crippen molar-refractivity contribution in [3.05, 3.63) is 83.1 Å². The zero-order valence-corrected chi connectivity index (χ0v) is 19.0. The number of benzene rings is 2. The molecule has 0 spiro atoms. The minimum atomic E-state index is -1.20. The molecule has 1 aliphatic heterocycles. The van der Waals surface area contributed by atoms with Crippen molar-refractivity contribution in [3.8, 4) is 5.75 Å². The van der Waals surface area contributed by atoms with Gasteiger partial charge in [-0.2, -0.15) is 0 Å². The van der Waals surface area contributed by atoms with Gasteiger partial charge in [-0.25, -0.2) is 4.39 Å². The Balaban J connectivity index is 1.56. The number of thiophene rings is 1. The molecule has 0 radical (unpaired) electrons. The van der Waals surface area contributed by atoms with Gasteiger partial charge >= 0.3 is 0 Å². The van der Waals surface area contributed by atoms with Crippen molar-refractivity contribution in [2.24, 2.45) is 0 Å². The number of aromatic nitrogens is 1. The third-order valence-electron chi connectivity index (χ3n) is 6.05. The number of amides is 2. The van der Waals surface area contributed by atoms with E-state index < -0.39 is 5.54 Å². The fraction of sp³-hybridized carbons (Fsp3) is 0.200. The fourth-order valence-electron chi connectivity index (χ4n) is 4.33. The van der Waals surface area contributed by atoms with E-state index in [4.69, 9.17) is 4.74 Å². The first-order valence-corrected chi connectivity index (χ1v) is 11.4. The normalized spacial score (nSPS) is 17.8.